The number of nitrogens with one attached hydrogen (secondary N) is 4. The Labute approximate surface area is 507 Å². The Morgan fingerprint density at radius 1 is 0.310 bits per heavy atom. The van der Waals surface area contributed by atoms with Gasteiger partial charge in [-0.1, -0.05) is 133 Å². The Kier molecular flexibility index (Phi) is 25.5. The van der Waals surface area contributed by atoms with E-state index in [1.54, 1.807) is 97.1 Å². The molecule has 0 spiro atoms. The molecule has 452 valence electrons. The zero-order valence-electron chi connectivity index (χ0n) is 48.7. The normalized spacial score (nSPS) is 10.8. The quantitative estimate of drug-likeness (QED) is 0.0270. The molecular weight excluding hydrogens is 1110 g/mol. The number of hydrogen-bond donors (Lipinski definition) is 4. The van der Waals surface area contributed by atoms with E-state index >= 15 is 0 Å². The zero-order valence-corrected chi connectivity index (χ0v) is 48.7. The average molecular weight is 1180 g/mol. The Hall–Kier alpha value is -9.60. The maximum absolute atomic E-state index is 13.1. The fourth-order valence-electron chi connectivity index (χ4n) is 8.90. The lowest BCUT2D eigenvalue weighted by atomic mass is 10.1. The van der Waals surface area contributed by atoms with Crippen LogP contribution in [0.25, 0.3) is 0 Å². The number of ether oxygens (including phenoxy) is 9. The number of anilines is 6. The molecule has 0 unspecified atom stereocenters. The first-order valence-corrected chi connectivity index (χ1v) is 28.4. The number of carbonyl (C=O) groups excluding carboxylic acids is 4. The van der Waals surface area contributed by atoms with E-state index in [4.69, 9.17) is 42.6 Å². The van der Waals surface area contributed by atoms with Gasteiger partial charge in [0.25, 0.3) is 0 Å². The van der Waals surface area contributed by atoms with E-state index in [1.807, 2.05) is 84.9 Å². The molecule has 0 bridgehead atoms. The van der Waals surface area contributed by atoms with Gasteiger partial charge >= 0.3 is 0 Å². The summed E-state index contributed by atoms with van der Waals surface area (Å²) in [7, 11) is 2.88. The van der Waals surface area contributed by atoms with E-state index in [0.29, 0.717) is 96.6 Å². The van der Waals surface area contributed by atoms with Crippen LogP contribution in [0.2, 0.25) is 0 Å². The Morgan fingerprint density at radius 3 is 0.931 bits per heavy atom. The van der Waals surface area contributed by atoms with Crippen LogP contribution < -0.4 is 45.3 Å². The van der Waals surface area contributed by atoms with Gasteiger partial charge in [0.2, 0.25) is 23.6 Å². The lowest BCUT2D eigenvalue weighted by molar-refractivity contribution is -0.121. The van der Waals surface area contributed by atoms with Crippen LogP contribution in [0.5, 0.6) is 34.5 Å². The number of rotatable bonds is 36. The van der Waals surface area contributed by atoms with E-state index in [9.17, 15) is 19.2 Å². The summed E-state index contributed by atoms with van der Waals surface area (Å²) < 4.78 is 52.8. The summed E-state index contributed by atoms with van der Waals surface area (Å²) in [5.41, 5.74) is 5.72. The molecule has 0 aliphatic rings. The molecule has 4 amide bonds. The molecule has 0 saturated heterocycles. The minimum atomic E-state index is -0.377. The minimum absolute atomic E-state index is 0.111. The monoisotopic (exact) mass is 1180 g/mol. The fraction of sp³-hybridized carbons (Fsp3) is 0.235. The van der Waals surface area contributed by atoms with Crippen LogP contribution in [0.15, 0.2) is 206 Å². The SMILES string of the molecule is COCC(=O)Nc1ccccc1Oc1ccccc1NC(=O)COCCOCCN(Cc1ccccc1)c1ccccc1Oc1ccccc1N(CCOCCOCC(=O)Nc1ccccc1Oc1ccccc1NC(=O)COC)Cc1ccccc1. The van der Waals surface area contributed by atoms with Gasteiger partial charge in [-0.2, -0.15) is 0 Å². The van der Waals surface area contributed by atoms with E-state index in [2.05, 4.69) is 55.3 Å². The van der Waals surface area contributed by atoms with Crippen molar-refractivity contribution in [2.75, 3.05) is 124 Å². The molecule has 8 rings (SSSR count). The molecule has 8 aromatic carbocycles. The Bertz CT molecular complexity index is 3210. The molecule has 87 heavy (non-hydrogen) atoms. The molecule has 0 saturated carbocycles. The zero-order chi connectivity index (χ0) is 60.7. The molecule has 4 N–H and O–H groups in total. The van der Waals surface area contributed by atoms with Crippen LogP contribution in [-0.4, -0.2) is 117 Å². The molecule has 0 atom stereocenters. The predicted octanol–water partition coefficient (Wildman–Crippen LogP) is 11.6. The van der Waals surface area contributed by atoms with Gasteiger partial charge in [-0.3, -0.25) is 19.2 Å². The van der Waals surface area contributed by atoms with Crippen molar-refractivity contribution in [2.24, 2.45) is 0 Å². The third-order valence-electron chi connectivity index (χ3n) is 12.9. The van der Waals surface area contributed by atoms with Crippen molar-refractivity contribution in [3.8, 4) is 34.5 Å². The van der Waals surface area contributed by atoms with Crippen LogP contribution >= 0.6 is 0 Å². The molecule has 0 radical (unpaired) electrons. The second-order valence-corrected chi connectivity index (χ2v) is 19.4. The summed E-state index contributed by atoms with van der Waals surface area (Å²) in [5, 5.41) is 11.3. The number of amides is 4. The standard InChI is InChI=1S/C68H72N6O13/c1-79-47-65(75)69-53-25-9-15-31-59(53)85-61-33-17-11-27-55(61)71-67(77)49-83-43-41-81-39-37-73(45-51-21-5-3-6-22-51)57-29-13-19-35-63(57)87-64-36-20-14-30-58(64)74(46-52-23-7-4-8-24-52)38-40-82-42-44-84-50-68(78)72-56-28-12-18-34-62(56)86-60-32-16-10-26-54(60)70-66(76)48-80-2/h3-36H,37-50H2,1-2H3,(H,69,75)(H,70,76)(H,71,77)(H,72,78). The molecule has 19 heteroatoms. The van der Waals surface area contributed by atoms with Crippen molar-refractivity contribution in [1.82, 2.24) is 0 Å². The van der Waals surface area contributed by atoms with Crippen molar-refractivity contribution >= 4 is 57.8 Å². The summed E-state index contributed by atoms with van der Waals surface area (Å²) in [5.74, 6) is 1.45. The van der Waals surface area contributed by atoms with E-state index in [0.717, 1.165) is 22.5 Å². The maximum atomic E-state index is 13.1. The van der Waals surface area contributed by atoms with E-state index in [-0.39, 0.29) is 76.5 Å². The smallest absolute Gasteiger partial charge is 0.250 e. The van der Waals surface area contributed by atoms with Gasteiger partial charge in [-0.15, -0.1) is 0 Å². The molecule has 0 fully saturated rings. The minimum Gasteiger partial charge on any atom is -0.453 e. The first-order valence-electron chi connectivity index (χ1n) is 28.4. The van der Waals surface area contributed by atoms with Crippen molar-refractivity contribution in [1.29, 1.82) is 0 Å². The highest BCUT2D eigenvalue weighted by atomic mass is 16.5. The van der Waals surface area contributed by atoms with Crippen LogP contribution in [0.1, 0.15) is 11.1 Å². The molecule has 0 aromatic heterocycles. The van der Waals surface area contributed by atoms with Crippen LogP contribution in [-0.2, 0) is 60.7 Å². The molecule has 0 heterocycles. The highest BCUT2D eigenvalue weighted by Gasteiger charge is 2.20. The van der Waals surface area contributed by atoms with Crippen LogP contribution in [0.3, 0.4) is 0 Å². The van der Waals surface area contributed by atoms with Gasteiger partial charge in [-0.25, -0.2) is 0 Å². The number of carbonyl (C=O) groups is 4. The van der Waals surface area contributed by atoms with E-state index < -0.39 is 0 Å². The largest absolute Gasteiger partial charge is 0.453 e. The highest BCUT2D eigenvalue weighted by Crippen LogP contribution is 2.39. The first kappa shape index (κ1) is 63.4. The average Bonchev–Trinajstić information content (AvgIpc) is 3.70. The lowest BCUT2D eigenvalue weighted by Crippen LogP contribution is -2.28. The summed E-state index contributed by atoms with van der Waals surface area (Å²) in [4.78, 5) is 55.1. The lowest BCUT2D eigenvalue weighted by Gasteiger charge is -2.29. The molecule has 19 nitrogen and oxygen atoms in total. The van der Waals surface area contributed by atoms with Gasteiger partial charge in [0.15, 0.2) is 34.5 Å². The van der Waals surface area contributed by atoms with E-state index in [1.165, 1.54) is 14.2 Å². The summed E-state index contributed by atoms with van der Waals surface area (Å²) >= 11 is 0. The Morgan fingerprint density at radius 2 is 0.586 bits per heavy atom. The number of methoxy groups -OCH3 is 2. The second-order valence-electron chi connectivity index (χ2n) is 19.4. The van der Waals surface area contributed by atoms with Crippen LogP contribution in [0, 0.1) is 0 Å². The Balaban J connectivity index is 0.829. The third kappa shape index (κ3) is 20.9. The molecule has 0 aliphatic heterocycles. The van der Waals surface area contributed by atoms with Crippen molar-refractivity contribution in [2.45, 2.75) is 13.1 Å². The van der Waals surface area contributed by atoms with Gasteiger partial charge in [0.05, 0.1) is 73.8 Å². The maximum Gasteiger partial charge on any atom is 0.250 e. The van der Waals surface area contributed by atoms with Gasteiger partial charge in [-0.05, 0) is 83.9 Å². The summed E-state index contributed by atoms with van der Waals surface area (Å²) in [6.45, 7) is 3.09. The summed E-state index contributed by atoms with van der Waals surface area (Å²) in [6, 6.07) is 64.2. The molecule has 8 aromatic rings. The van der Waals surface area contributed by atoms with Gasteiger partial charge in [0, 0.05) is 40.4 Å². The highest BCUT2D eigenvalue weighted by molar-refractivity contribution is 5.96. The molecule has 0 aliphatic carbocycles. The second kappa shape index (κ2) is 35.0. The topological polar surface area (TPSA) is 206 Å². The predicted molar refractivity (Wildman–Crippen MR) is 335 cm³/mol. The van der Waals surface area contributed by atoms with Crippen molar-refractivity contribution < 1.29 is 61.8 Å². The van der Waals surface area contributed by atoms with Gasteiger partial charge < -0.3 is 73.7 Å². The van der Waals surface area contributed by atoms with Crippen molar-refractivity contribution in [3.63, 3.8) is 0 Å². The third-order valence-corrected chi connectivity index (χ3v) is 12.9. The van der Waals surface area contributed by atoms with Crippen molar-refractivity contribution in [3.05, 3.63) is 217 Å². The van der Waals surface area contributed by atoms with Gasteiger partial charge in [0.1, 0.15) is 26.4 Å². The molecular formula is C68H72N6O13. The number of hydrogen-bond acceptors (Lipinski definition) is 15. The fourth-order valence-corrected chi connectivity index (χ4v) is 8.90. The summed E-state index contributed by atoms with van der Waals surface area (Å²) in [6.07, 6.45) is 0. The number of benzene rings is 8. The first-order chi connectivity index (χ1) is 42.7. The number of para-hydroxylation sites is 12. The van der Waals surface area contributed by atoms with Crippen LogP contribution in [0.4, 0.5) is 34.1 Å². The number of nitrogens with zero attached hydrogens (tertiary/aromatic N) is 2.